The number of carboxylic acid groups (broad SMARTS) is 1. The fourth-order valence-corrected chi connectivity index (χ4v) is 4.69. The van der Waals surface area contributed by atoms with E-state index in [1.165, 1.54) is 0 Å². The summed E-state index contributed by atoms with van der Waals surface area (Å²) in [5.41, 5.74) is 2.46. The Kier molecular flexibility index (Phi) is 6.53. The summed E-state index contributed by atoms with van der Waals surface area (Å²) in [4.78, 5) is 23.8. The number of halogens is 3. The fourth-order valence-electron chi connectivity index (χ4n) is 4.69. The number of anilines is 2. The Morgan fingerprint density at radius 3 is 2.54 bits per heavy atom. The number of aryl methyl sites for hydroxylation is 1. The van der Waals surface area contributed by atoms with E-state index in [2.05, 4.69) is 20.3 Å². The predicted octanol–water partition coefficient (Wildman–Crippen LogP) is 6.60. The molecule has 3 unspecified atom stereocenters. The molecular formula is C26H27F3N4O2. The molecule has 0 aliphatic heterocycles. The number of carbonyl (C=O) groups is 1. The van der Waals surface area contributed by atoms with E-state index >= 15 is 0 Å². The molecule has 9 heteroatoms. The van der Waals surface area contributed by atoms with E-state index in [4.69, 9.17) is 0 Å². The molecule has 2 N–H and O–H groups in total. The van der Waals surface area contributed by atoms with E-state index in [9.17, 15) is 23.1 Å². The Labute approximate surface area is 201 Å². The minimum absolute atomic E-state index is 0.0199. The van der Waals surface area contributed by atoms with Gasteiger partial charge < -0.3 is 10.4 Å². The molecule has 1 saturated carbocycles. The summed E-state index contributed by atoms with van der Waals surface area (Å²) in [6.45, 7) is 5.70. The number of nitrogens with zero attached hydrogens (tertiary/aromatic N) is 3. The molecule has 184 valence electrons. The highest BCUT2D eigenvalue weighted by atomic mass is 19.4. The number of nitrogens with one attached hydrogen (secondary N) is 1. The molecule has 1 fully saturated rings. The van der Waals surface area contributed by atoms with Crippen LogP contribution in [-0.4, -0.2) is 26.0 Å². The zero-order valence-electron chi connectivity index (χ0n) is 19.7. The van der Waals surface area contributed by atoms with Crippen LogP contribution >= 0.6 is 0 Å². The number of carboxylic acids is 1. The van der Waals surface area contributed by atoms with E-state index in [0.29, 0.717) is 12.1 Å². The lowest BCUT2D eigenvalue weighted by Crippen LogP contribution is -2.39. The van der Waals surface area contributed by atoms with Gasteiger partial charge in [0.2, 0.25) is 5.95 Å². The number of hydrogen-bond acceptors (Lipinski definition) is 5. The lowest BCUT2D eigenvalue weighted by molar-refractivity contribution is -0.153. The van der Waals surface area contributed by atoms with Gasteiger partial charge >= 0.3 is 12.1 Å². The molecule has 3 aromatic rings. The number of aromatic nitrogens is 3. The Hall–Kier alpha value is -3.49. The molecule has 2 heterocycles. The lowest BCUT2D eigenvalue weighted by Gasteiger charge is -2.39. The summed E-state index contributed by atoms with van der Waals surface area (Å²) in [5.74, 6) is -0.705. The minimum atomic E-state index is -4.55. The van der Waals surface area contributed by atoms with Gasteiger partial charge in [0.25, 0.3) is 0 Å². The second-order valence-electron chi connectivity index (χ2n) is 9.54. The van der Waals surface area contributed by atoms with Crippen molar-refractivity contribution in [3.05, 3.63) is 65.7 Å². The highest BCUT2D eigenvalue weighted by molar-refractivity contribution is 5.75. The highest BCUT2D eigenvalue weighted by Crippen LogP contribution is 2.47. The van der Waals surface area contributed by atoms with E-state index in [1.54, 1.807) is 6.20 Å². The Balaban J connectivity index is 1.58. The average Bonchev–Trinajstić information content (AvgIpc) is 2.80. The zero-order chi connectivity index (χ0) is 25.4. The largest absolute Gasteiger partial charge is 0.481 e. The van der Waals surface area contributed by atoms with Gasteiger partial charge in [-0.05, 0) is 86.1 Å². The standard InChI is InChI=1S/C26H27F3N4O2/c1-15-10-19(13-20(11-15)32-24-31-9-6-22(33-24)26(27,28)29)17-5-8-30-21(14-17)18-4-7-25(3,23(34)35)16(2)12-18/h5-6,8-11,13-14,16,18H,4,7,12H2,1-3H3,(H,34,35)(H,31,32,33). The summed E-state index contributed by atoms with van der Waals surface area (Å²) in [7, 11) is 0. The number of alkyl halides is 3. The Morgan fingerprint density at radius 1 is 1.11 bits per heavy atom. The average molecular weight is 485 g/mol. The van der Waals surface area contributed by atoms with Gasteiger partial charge in [0.1, 0.15) is 5.69 Å². The van der Waals surface area contributed by atoms with Crippen LogP contribution < -0.4 is 5.32 Å². The van der Waals surface area contributed by atoms with Crippen molar-refractivity contribution in [1.29, 1.82) is 0 Å². The SMILES string of the molecule is Cc1cc(Nc2nccc(C(F)(F)F)n2)cc(-c2ccnc(C3CCC(C)(C(=O)O)C(C)C3)c2)c1. The van der Waals surface area contributed by atoms with Crippen molar-refractivity contribution >= 4 is 17.6 Å². The van der Waals surface area contributed by atoms with E-state index in [-0.39, 0.29) is 17.8 Å². The highest BCUT2D eigenvalue weighted by Gasteiger charge is 2.43. The van der Waals surface area contributed by atoms with Gasteiger partial charge in [0.05, 0.1) is 5.41 Å². The summed E-state index contributed by atoms with van der Waals surface area (Å²) in [5, 5.41) is 12.5. The third kappa shape index (κ3) is 5.28. The van der Waals surface area contributed by atoms with Crippen molar-refractivity contribution < 1.29 is 23.1 Å². The zero-order valence-corrected chi connectivity index (χ0v) is 19.7. The molecule has 0 radical (unpaired) electrons. The minimum Gasteiger partial charge on any atom is -0.481 e. The van der Waals surface area contributed by atoms with Crippen LogP contribution in [0, 0.1) is 18.3 Å². The molecule has 3 atom stereocenters. The Bertz CT molecular complexity index is 1250. The molecule has 2 aromatic heterocycles. The third-order valence-electron chi connectivity index (χ3n) is 7.04. The van der Waals surface area contributed by atoms with Crippen molar-refractivity contribution in [2.45, 2.75) is 52.1 Å². The maximum absolute atomic E-state index is 13.0. The first-order valence-corrected chi connectivity index (χ1v) is 11.4. The summed E-state index contributed by atoms with van der Waals surface area (Å²) in [6, 6.07) is 10.4. The number of aliphatic carboxylic acids is 1. The summed E-state index contributed by atoms with van der Waals surface area (Å²) < 4.78 is 39.0. The molecule has 0 spiro atoms. The molecule has 1 aromatic carbocycles. The quantitative estimate of drug-likeness (QED) is 0.424. The van der Waals surface area contributed by atoms with Crippen LogP contribution in [0.25, 0.3) is 11.1 Å². The smallest absolute Gasteiger partial charge is 0.433 e. The number of benzene rings is 1. The number of hydrogen-bond donors (Lipinski definition) is 2. The molecule has 1 aliphatic rings. The lowest BCUT2D eigenvalue weighted by atomic mass is 9.64. The second kappa shape index (κ2) is 9.28. The normalized spacial score (nSPS) is 22.6. The van der Waals surface area contributed by atoms with E-state index < -0.39 is 23.3 Å². The van der Waals surface area contributed by atoms with Gasteiger partial charge in [-0.2, -0.15) is 13.2 Å². The van der Waals surface area contributed by atoms with Crippen LogP contribution in [0.5, 0.6) is 0 Å². The Morgan fingerprint density at radius 2 is 1.86 bits per heavy atom. The molecule has 1 aliphatic carbocycles. The van der Waals surface area contributed by atoms with Gasteiger partial charge in [-0.25, -0.2) is 9.97 Å². The predicted molar refractivity (Wildman–Crippen MR) is 126 cm³/mol. The first-order chi connectivity index (χ1) is 16.5. The van der Waals surface area contributed by atoms with Crippen molar-refractivity contribution in [2.24, 2.45) is 11.3 Å². The summed E-state index contributed by atoms with van der Waals surface area (Å²) >= 11 is 0. The van der Waals surface area contributed by atoms with Crippen molar-refractivity contribution in [3.8, 4) is 11.1 Å². The number of rotatable bonds is 5. The first kappa shape index (κ1) is 24.6. The second-order valence-corrected chi connectivity index (χ2v) is 9.54. The number of pyridine rings is 1. The molecule has 35 heavy (non-hydrogen) atoms. The topological polar surface area (TPSA) is 88.0 Å². The van der Waals surface area contributed by atoms with Crippen molar-refractivity contribution in [2.75, 3.05) is 5.32 Å². The maximum Gasteiger partial charge on any atom is 0.433 e. The summed E-state index contributed by atoms with van der Waals surface area (Å²) in [6.07, 6.45) is 0.346. The first-order valence-electron chi connectivity index (χ1n) is 11.4. The molecule has 0 bridgehead atoms. The monoisotopic (exact) mass is 484 g/mol. The van der Waals surface area contributed by atoms with Crippen LogP contribution in [0.4, 0.5) is 24.8 Å². The van der Waals surface area contributed by atoms with Crippen LogP contribution in [0.2, 0.25) is 0 Å². The third-order valence-corrected chi connectivity index (χ3v) is 7.04. The van der Waals surface area contributed by atoms with E-state index in [1.807, 2.05) is 51.1 Å². The molecule has 0 amide bonds. The fraction of sp³-hybridized carbons (Fsp3) is 0.385. The molecule has 6 nitrogen and oxygen atoms in total. The van der Waals surface area contributed by atoms with Crippen LogP contribution in [-0.2, 0) is 11.0 Å². The maximum atomic E-state index is 13.0. The van der Waals surface area contributed by atoms with Crippen molar-refractivity contribution in [1.82, 2.24) is 15.0 Å². The van der Waals surface area contributed by atoms with Gasteiger partial charge in [-0.15, -0.1) is 0 Å². The van der Waals surface area contributed by atoms with Crippen LogP contribution in [0.3, 0.4) is 0 Å². The van der Waals surface area contributed by atoms with Crippen LogP contribution in [0.15, 0.2) is 48.8 Å². The van der Waals surface area contributed by atoms with Crippen LogP contribution in [0.1, 0.15) is 56.0 Å². The van der Waals surface area contributed by atoms with Gasteiger partial charge in [0, 0.05) is 29.7 Å². The van der Waals surface area contributed by atoms with Gasteiger partial charge in [-0.1, -0.05) is 13.0 Å². The molecular weight excluding hydrogens is 457 g/mol. The van der Waals surface area contributed by atoms with Crippen molar-refractivity contribution in [3.63, 3.8) is 0 Å². The molecule has 4 rings (SSSR count). The van der Waals surface area contributed by atoms with Gasteiger partial charge in [-0.3, -0.25) is 9.78 Å². The van der Waals surface area contributed by atoms with E-state index in [0.717, 1.165) is 47.5 Å². The van der Waals surface area contributed by atoms with Gasteiger partial charge in [0.15, 0.2) is 0 Å². The molecule has 0 saturated heterocycles.